The fraction of sp³-hybridized carbons (Fsp3) is 0.154. The van der Waals surface area contributed by atoms with Gasteiger partial charge in [0.15, 0.2) is 0 Å². The van der Waals surface area contributed by atoms with E-state index in [2.05, 4.69) is 5.32 Å². The van der Waals surface area contributed by atoms with Crippen molar-refractivity contribution in [2.75, 3.05) is 17.3 Å². The largest absolute Gasteiger partial charge is 0.495 e. The van der Waals surface area contributed by atoms with E-state index in [0.717, 1.165) is 27.3 Å². The van der Waals surface area contributed by atoms with Gasteiger partial charge >= 0.3 is 0 Å². The summed E-state index contributed by atoms with van der Waals surface area (Å²) in [7, 11) is 1.51. The number of halogens is 1. The number of imide groups is 1. The number of ether oxygens (including phenoxy) is 1. The molecule has 0 radical (unpaired) electrons. The fourth-order valence-corrected chi connectivity index (χ4v) is 4.11. The lowest BCUT2D eigenvalue weighted by atomic mass is 10.0. The normalized spacial score (nSPS) is 13.7. The molecule has 5 nitrogen and oxygen atoms in total. The van der Waals surface area contributed by atoms with Crippen LogP contribution in [-0.4, -0.2) is 18.9 Å². The molecule has 0 fully saturated rings. The summed E-state index contributed by atoms with van der Waals surface area (Å²) in [5, 5.41) is 3.53. The number of carbonyl (C=O) groups excluding carboxylic acids is 2. The van der Waals surface area contributed by atoms with Crippen molar-refractivity contribution >= 4 is 40.4 Å². The van der Waals surface area contributed by atoms with Crippen molar-refractivity contribution in [3.05, 3.63) is 93.6 Å². The number of amides is 2. The van der Waals surface area contributed by atoms with Crippen LogP contribution in [0.3, 0.4) is 0 Å². The zero-order chi connectivity index (χ0) is 23.0. The van der Waals surface area contributed by atoms with Crippen molar-refractivity contribution in [3.8, 4) is 5.75 Å². The number of hydrogen-bond acceptors (Lipinski definition) is 4. The first-order valence-electron chi connectivity index (χ1n) is 10.2. The van der Waals surface area contributed by atoms with E-state index >= 15 is 0 Å². The average molecular weight is 447 g/mol. The lowest BCUT2D eigenvalue weighted by molar-refractivity contribution is -0.120. The van der Waals surface area contributed by atoms with E-state index < -0.39 is 11.8 Å². The number of nitrogens with one attached hydrogen (secondary N) is 1. The van der Waals surface area contributed by atoms with E-state index in [9.17, 15) is 9.59 Å². The van der Waals surface area contributed by atoms with Crippen molar-refractivity contribution in [1.82, 2.24) is 0 Å². The number of rotatable bonds is 5. The van der Waals surface area contributed by atoms with Gasteiger partial charge < -0.3 is 10.1 Å². The van der Waals surface area contributed by atoms with Crippen LogP contribution in [0.4, 0.5) is 11.4 Å². The molecule has 2 amide bonds. The predicted octanol–water partition coefficient (Wildman–Crippen LogP) is 5.67. The highest BCUT2D eigenvalue weighted by atomic mass is 35.5. The molecule has 162 valence electrons. The maximum atomic E-state index is 13.5. The van der Waals surface area contributed by atoms with Crippen LogP contribution >= 0.6 is 11.6 Å². The predicted molar refractivity (Wildman–Crippen MR) is 128 cm³/mol. The van der Waals surface area contributed by atoms with Gasteiger partial charge in [-0.15, -0.1) is 0 Å². The molecule has 0 unspecified atom stereocenters. The Kier molecular flexibility index (Phi) is 5.76. The van der Waals surface area contributed by atoms with Gasteiger partial charge in [0.25, 0.3) is 11.8 Å². The molecule has 1 aliphatic heterocycles. The van der Waals surface area contributed by atoms with Gasteiger partial charge in [0, 0.05) is 5.69 Å². The van der Waals surface area contributed by atoms with Gasteiger partial charge in [-0.05, 0) is 67.8 Å². The van der Waals surface area contributed by atoms with Gasteiger partial charge in [0.2, 0.25) is 0 Å². The highest BCUT2D eigenvalue weighted by Crippen LogP contribution is 2.36. The number of anilines is 2. The number of methoxy groups -OCH3 is 1. The van der Waals surface area contributed by atoms with Crippen molar-refractivity contribution in [2.45, 2.75) is 20.8 Å². The van der Waals surface area contributed by atoms with E-state index in [4.69, 9.17) is 16.3 Å². The Bertz CT molecular complexity index is 1240. The third kappa shape index (κ3) is 3.99. The Morgan fingerprint density at radius 3 is 2.06 bits per heavy atom. The lowest BCUT2D eigenvalue weighted by Gasteiger charge is -2.17. The lowest BCUT2D eigenvalue weighted by Crippen LogP contribution is -2.32. The maximum Gasteiger partial charge on any atom is 0.282 e. The van der Waals surface area contributed by atoms with Gasteiger partial charge in [0.05, 0.1) is 23.4 Å². The third-order valence-corrected chi connectivity index (χ3v) is 5.60. The van der Waals surface area contributed by atoms with Gasteiger partial charge in [0.1, 0.15) is 11.4 Å². The van der Waals surface area contributed by atoms with Gasteiger partial charge in [-0.25, -0.2) is 4.90 Å². The smallest absolute Gasteiger partial charge is 0.282 e. The molecular weight excluding hydrogens is 424 g/mol. The van der Waals surface area contributed by atoms with Crippen LogP contribution in [0.25, 0.3) is 5.57 Å². The second-order valence-corrected chi connectivity index (χ2v) is 8.29. The minimum absolute atomic E-state index is 0.232. The molecule has 1 aliphatic rings. The topological polar surface area (TPSA) is 58.6 Å². The van der Waals surface area contributed by atoms with E-state index in [1.54, 1.807) is 18.2 Å². The molecular formula is C26H23ClN2O3. The van der Waals surface area contributed by atoms with Crippen LogP contribution in [0.2, 0.25) is 5.02 Å². The van der Waals surface area contributed by atoms with E-state index in [1.807, 2.05) is 63.2 Å². The molecule has 0 spiro atoms. The summed E-state index contributed by atoms with van der Waals surface area (Å²) in [6.45, 7) is 5.95. The van der Waals surface area contributed by atoms with Gasteiger partial charge in [-0.1, -0.05) is 47.5 Å². The molecule has 1 N–H and O–H groups in total. The fourth-order valence-electron chi connectivity index (χ4n) is 3.85. The van der Waals surface area contributed by atoms with Crippen LogP contribution in [0, 0.1) is 20.8 Å². The summed E-state index contributed by atoms with van der Waals surface area (Å²) in [6.07, 6.45) is 0. The van der Waals surface area contributed by atoms with E-state index in [0.29, 0.717) is 27.6 Å². The molecule has 0 aromatic heterocycles. The zero-order valence-corrected chi connectivity index (χ0v) is 19.1. The molecule has 32 heavy (non-hydrogen) atoms. The molecule has 1 heterocycles. The Labute approximate surface area is 192 Å². The zero-order valence-electron chi connectivity index (χ0n) is 18.3. The molecule has 3 aromatic carbocycles. The second-order valence-electron chi connectivity index (χ2n) is 7.88. The molecule has 0 bridgehead atoms. The molecule has 0 aliphatic carbocycles. The number of benzene rings is 3. The average Bonchev–Trinajstić information content (AvgIpc) is 2.97. The minimum Gasteiger partial charge on any atom is -0.495 e. The molecule has 3 aromatic rings. The number of carbonyl (C=O) groups is 2. The first-order chi connectivity index (χ1) is 15.3. The number of nitrogens with zero attached hydrogens (tertiary/aromatic N) is 1. The Hall–Kier alpha value is -3.57. The first-order valence-corrected chi connectivity index (χ1v) is 10.5. The highest BCUT2D eigenvalue weighted by Gasteiger charge is 2.40. The summed E-state index contributed by atoms with van der Waals surface area (Å²) in [5.41, 5.74) is 5.53. The summed E-state index contributed by atoms with van der Waals surface area (Å²) in [4.78, 5) is 28.2. The SMILES string of the molecule is COc1ccc(N2C(=O)C(Nc3cc(C)cc(C)c3)=C(c3ccc(C)cc3)C2=O)cc1Cl. The second kappa shape index (κ2) is 8.52. The highest BCUT2D eigenvalue weighted by molar-refractivity contribution is 6.46. The summed E-state index contributed by atoms with van der Waals surface area (Å²) < 4.78 is 5.20. The van der Waals surface area contributed by atoms with Crippen LogP contribution < -0.4 is 15.0 Å². The standard InChI is InChI=1S/C26H23ClN2O3/c1-15-5-7-18(8-6-15)23-24(28-19-12-16(2)11-17(3)13-19)26(31)29(25(23)30)20-9-10-22(32-4)21(27)14-20/h5-14,28H,1-4H3. The Balaban J connectivity index is 1.83. The van der Waals surface area contributed by atoms with E-state index in [-0.39, 0.29) is 5.70 Å². The number of hydrogen-bond donors (Lipinski definition) is 1. The summed E-state index contributed by atoms with van der Waals surface area (Å²) in [5.74, 6) is -0.382. The minimum atomic E-state index is -0.439. The monoisotopic (exact) mass is 446 g/mol. The molecule has 0 saturated carbocycles. The van der Waals surface area contributed by atoms with Crippen molar-refractivity contribution in [3.63, 3.8) is 0 Å². The maximum absolute atomic E-state index is 13.5. The molecule has 0 atom stereocenters. The Morgan fingerprint density at radius 2 is 1.47 bits per heavy atom. The van der Waals surface area contributed by atoms with Gasteiger partial charge in [-0.3, -0.25) is 9.59 Å². The van der Waals surface area contributed by atoms with Gasteiger partial charge in [-0.2, -0.15) is 0 Å². The van der Waals surface area contributed by atoms with Crippen LogP contribution in [-0.2, 0) is 9.59 Å². The van der Waals surface area contributed by atoms with Crippen LogP contribution in [0.1, 0.15) is 22.3 Å². The van der Waals surface area contributed by atoms with Crippen molar-refractivity contribution < 1.29 is 14.3 Å². The van der Waals surface area contributed by atoms with Crippen molar-refractivity contribution in [1.29, 1.82) is 0 Å². The molecule has 6 heteroatoms. The third-order valence-electron chi connectivity index (χ3n) is 5.31. The Morgan fingerprint density at radius 1 is 0.812 bits per heavy atom. The van der Waals surface area contributed by atoms with Crippen molar-refractivity contribution in [2.24, 2.45) is 0 Å². The quantitative estimate of drug-likeness (QED) is 0.513. The number of aryl methyl sites for hydroxylation is 3. The summed E-state index contributed by atoms with van der Waals surface area (Å²) in [6, 6.07) is 18.3. The van der Waals surface area contributed by atoms with Crippen LogP contribution in [0.15, 0.2) is 66.4 Å². The first kappa shape index (κ1) is 21.7. The van der Waals surface area contributed by atoms with Crippen LogP contribution in [0.5, 0.6) is 5.75 Å². The molecule has 0 saturated heterocycles. The van der Waals surface area contributed by atoms with E-state index in [1.165, 1.54) is 7.11 Å². The molecule has 4 rings (SSSR count). The summed E-state index contributed by atoms with van der Waals surface area (Å²) >= 11 is 6.27.